The number of aromatic nitrogens is 2. The molecule has 4 rings (SSSR count). The third kappa shape index (κ3) is 4.62. The van der Waals surface area contributed by atoms with E-state index in [-0.39, 0.29) is 17.4 Å². The van der Waals surface area contributed by atoms with Crippen LogP contribution in [0.2, 0.25) is 0 Å². The summed E-state index contributed by atoms with van der Waals surface area (Å²) in [6.07, 6.45) is 3.85. The van der Waals surface area contributed by atoms with Crippen molar-refractivity contribution in [2.45, 2.75) is 38.6 Å². The zero-order valence-electron chi connectivity index (χ0n) is 18.9. The van der Waals surface area contributed by atoms with E-state index in [4.69, 9.17) is 16.2 Å². The molecule has 2 aromatic carbocycles. The van der Waals surface area contributed by atoms with Crippen LogP contribution in [0.5, 0.6) is 11.5 Å². The summed E-state index contributed by atoms with van der Waals surface area (Å²) in [5.41, 5.74) is 14.5. The van der Waals surface area contributed by atoms with E-state index in [9.17, 15) is 10.1 Å². The Morgan fingerprint density at radius 1 is 1.15 bits per heavy atom. The zero-order valence-corrected chi connectivity index (χ0v) is 18.9. The van der Waals surface area contributed by atoms with Crippen molar-refractivity contribution in [1.82, 2.24) is 14.7 Å². The van der Waals surface area contributed by atoms with E-state index in [0.29, 0.717) is 36.0 Å². The number of hydrogen-bond donors (Lipinski definition) is 2. The number of nitriles is 1. The first-order valence-electron chi connectivity index (χ1n) is 11.1. The van der Waals surface area contributed by atoms with Crippen LogP contribution in [0.15, 0.2) is 48.5 Å². The van der Waals surface area contributed by atoms with E-state index >= 15 is 0 Å². The smallest absolute Gasteiger partial charge is 0.254 e. The number of amides is 1. The fourth-order valence-electron chi connectivity index (χ4n) is 4.15. The number of primary amides is 1. The average Bonchev–Trinajstić information content (AvgIpc) is 3.17. The molecule has 1 atom stereocenters. The highest BCUT2D eigenvalue weighted by atomic mass is 16.5. The van der Waals surface area contributed by atoms with Crippen molar-refractivity contribution in [3.05, 3.63) is 59.7 Å². The van der Waals surface area contributed by atoms with Gasteiger partial charge in [0.2, 0.25) is 0 Å². The van der Waals surface area contributed by atoms with Crippen LogP contribution in [-0.2, 0) is 0 Å². The molecule has 1 amide bonds. The lowest BCUT2D eigenvalue weighted by atomic mass is 10.0. The molecule has 0 bridgehead atoms. The van der Waals surface area contributed by atoms with Gasteiger partial charge in [0, 0.05) is 12.1 Å². The summed E-state index contributed by atoms with van der Waals surface area (Å²) in [5, 5.41) is 13.9. The lowest BCUT2D eigenvalue weighted by Crippen LogP contribution is -2.34. The molecular weight excluding hydrogens is 416 g/mol. The summed E-state index contributed by atoms with van der Waals surface area (Å²) in [4.78, 5) is 13.9. The van der Waals surface area contributed by atoms with Crippen LogP contribution >= 0.6 is 0 Å². The maximum atomic E-state index is 12.2. The number of nitrogen functional groups attached to an aromatic ring is 1. The largest absolute Gasteiger partial charge is 0.457 e. The SMILES string of the molecule is CC(C)c1ccc(Oc2ccc(-c3nn(C4CCCN(C#N)C4)c(N)c3C(N)=O)cc2)cc1. The van der Waals surface area contributed by atoms with Crippen molar-refractivity contribution in [2.75, 3.05) is 18.8 Å². The number of hydrogen-bond acceptors (Lipinski definition) is 6. The van der Waals surface area contributed by atoms with Gasteiger partial charge in [0.05, 0.1) is 12.6 Å². The second-order valence-electron chi connectivity index (χ2n) is 8.61. The number of carbonyl (C=O) groups is 1. The molecule has 8 heteroatoms. The summed E-state index contributed by atoms with van der Waals surface area (Å²) in [7, 11) is 0. The van der Waals surface area contributed by atoms with Gasteiger partial charge in [-0.15, -0.1) is 0 Å². The van der Waals surface area contributed by atoms with Crippen LogP contribution in [0.25, 0.3) is 11.3 Å². The first kappa shape index (κ1) is 22.2. The van der Waals surface area contributed by atoms with Crippen LogP contribution in [-0.4, -0.2) is 33.7 Å². The third-order valence-electron chi connectivity index (χ3n) is 5.99. The molecule has 0 radical (unpaired) electrons. The van der Waals surface area contributed by atoms with E-state index in [1.807, 2.05) is 36.4 Å². The highest BCUT2D eigenvalue weighted by Gasteiger charge is 2.28. The van der Waals surface area contributed by atoms with Crippen molar-refractivity contribution in [3.63, 3.8) is 0 Å². The van der Waals surface area contributed by atoms with Gasteiger partial charge in [-0.2, -0.15) is 10.4 Å². The van der Waals surface area contributed by atoms with Crippen molar-refractivity contribution in [2.24, 2.45) is 5.73 Å². The van der Waals surface area contributed by atoms with Crippen LogP contribution < -0.4 is 16.2 Å². The topological polar surface area (TPSA) is 123 Å². The summed E-state index contributed by atoms with van der Waals surface area (Å²) < 4.78 is 7.59. The number of anilines is 1. The lowest BCUT2D eigenvalue weighted by Gasteiger charge is -2.29. The number of benzene rings is 2. The number of rotatable bonds is 6. The Labute approximate surface area is 193 Å². The summed E-state index contributed by atoms with van der Waals surface area (Å²) in [5.74, 6) is 1.47. The van der Waals surface area contributed by atoms with Crippen LogP contribution in [0.4, 0.5) is 5.82 Å². The Morgan fingerprint density at radius 3 is 2.36 bits per heavy atom. The highest BCUT2D eigenvalue weighted by molar-refractivity contribution is 6.03. The number of nitrogens with two attached hydrogens (primary N) is 2. The Kier molecular flexibility index (Phi) is 6.22. The maximum absolute atomic E-state index is 12.2. The highest BCUT2D eigenvalue weighted by Crippen LogP contribution is 2.33. The molecule has 3 aromatic rings. The predicted octanol–water partition coefficient (Wildman–Crippen LogP) is 4.26. The Morgan fingerprint density at radius 2 is 1.79 bits per heavy atom. The molecule has 33 heavy (non-hydrogen) atoms. The van der Waals surface area contributed by atoms with E-state index in [1.54, 1.807) is 9.58 Å². The third-order valence-corrected chi connectivity index (χ3v) is 5.99. The van der Waals surface area contributed by atoms with Gasteiger partial charge in [-0.05, 0) is 60.7 Å². The van der Waals surface area contributed by atoms with Crippen molar-refractivity contribution in [1.29, 1.82) is 5.26 Å². The van der Waals surface area contributed by atoms with Gasteiger partial charge < -0.3 is 21.1 Å². The minimum Gasteiger partial charge on any atom is -0.457 e. The molecule has 4 N–H and O–H groups in total. The zero-order chi connectivity index (χ0) is 23.5. The molecule has 0 aliphatic carbocycles. The number of carbonyl (C=O) groups excluding carboxylic acids is 1. The number of nitrogens with zero attached hydrogens (tertiary/aromatic N) is 4. The molecular formula is C25H28N6O2. The standard InChI is InChI=1S/C25H28N6O2/c1-16(2)17-5-9-20(10-6-17)33-21-11-7-18(8-12-21)23-22(25(28)32)24(27)31(29-23)19-4-3-13-30(14-19)15-26/h5-12,16,19H,3-4,13-14,27H2,1-2H3,(H2,28,32). The Balaban J connectivity index is 1.59. The minimum absolute atomic E-state index is 0.0957. The molecule has 1 fully saturated rings. The van der Waals surface area contributed by atoms with Gasteiger partial charge in [-0.1, -0.05) is 26.0 Å². The van der Waals surface area contributed by atoms with Crippen molar-refractivity contribution < 1.29 is 9.53 Å². The molecule has 1 saturated heterocycles. The molecule has 1 aliphatic rings. The van der Waals surface area contributed by atoms with E-state index in [0.717, 1.165) is 18.6 Å². The van der Waals surface area contributed by atoms with E-state index in [2.05, 4.69) is 37.3 Å². The van der Waals surface area contributed by atoms with Gasteiger partial charge in [0.15, 0.2) is 6.19 Å². The van der Waals surface area contributed by atoms with Gasteiger partial charge in [0.25, 0.3) is 5.91 Å². The fourth-order valence-corrected chi connectivity index (χ4v) is 4.15. The fraction of sp³-hybridized carbons (Fsp3) is 0.320. The molecule has 2 heterocycles. The monoisotopic (exact) mass is 444 g/mol. The van der Waals surface area contributed by atoms with Crippen LogP contribution in [0, 0.1) is 11.5 Å². The van der Waals surface area contributed by atoms with Crippen LogP contribution in [0.3, 0.4) is 0 Å². The van der Waals surface area contributed by atoms with Gasteiger partial charge in [0.1, 0.15) is 28.6 Å². The quantitative estimate of drug-likeness (QED) is 0.548. The predicted molar refractivity (Wildman–Crippen MR) is 127 cm³/mol. The molecule has 1 aromatic heterocycles. The molecule has 0 spiro atoms. The van der Waals surface area contributed by atoms with Crippen molar-refractivity contribution >= 4 is 11.7 Å². The Bertz CT molecular complexity index is 1180. The molecule has 1 aliphatic heterocycles. The molecule has 170 valence electrons. The number of ether oxygens (including phenoxy) is 1. The van der Waals surface area contributed by atoms with E-state index in [1.165, 1.54) is 5.56 Å². The molecule has 1 unspecified atom stereocenters. The summed E-state index contributed by atoms with van der Waals surface area (Å²) in [6, 6.07) is 15.2. The second kappa shape index (κ2) is 9.25. The lowest BCUT2D eigenvalue weighted by molar-refractivity contribution is 0.100. The minimum atomic E-state index is -0.632. The maximum Gasteiger partial charge on any atom is 0.254 e. The summed E-state index contributed by atoms with van der Waals surface area (Å²) >= 11 is 0. The summed E-state index contributed by atoms with van der Waals surface area (Å²) in [6.45, 7) is 5.52. The molecule has 0 saturated carbocycles. The van der Waals surface area contributed by atoms with Crippen molar-refractivity contribution in [3.8, 4) is 28.9 Å². The van der Waals surface area contributed by atoms with Gasteiger partial charge in [-0.3, -0.25) is 4.79 Å². The second-order valence-corrected chi connectivity index (χ2v) is 8.61. The first-order valence-corrected chi connectivity index (χ1v) is 11.1. The number of likely N-dealkylation sites (tertiary alicyclic amines) is 1. The first-order chi connectivity index (χ1) is 15.9. The molecule has 8 nitrogen and oxygen atoms in total. The normalized spacial score (nSPS) is 15.9. The number of piperidine rings is 1. The van der Waals surface area contributed by atoms with Gasteiger partial charge in [-0.25, -0.2) is 4.68 Å². The van der Waals surface area contributed by atoms with Crippen LogP contribution in [0.1, 0.15) is 54.6 Å². The van der Waals surface area contributed by atoms with Gasteiger partial charge >= 0.3 is 0 Å². The van der Waals surface area contributed by atoms with E-state index < -0.39 is 5.91 Å². The Hall–Kier alpha value is -3.99. The average molecular weight is 445 g/mol.